The van der Waals surface area contributed by atoms with Crippen molar-refractivity contribution in [2.24, 2.45) is 34.5 Å². The van der Waals surface area contributed by atoms with Gasteiger partial charge < -0.3 is 10.2 Å². The largest absolute Gasteiger partial charge is 0.393 e. The van der Waals surface area contributed by atoms with E-state index < -0.39 is 0 Å². The Morgan fingerprint density at radius 1 is 1.14 bits per heavy atom. The van der Waals surface area contributed by atoms with Crippen molar-refractivity contribution in [1.82, 2.24) is 0 Å². The average molecular weight is 306 g/mol. The topological polar surface area (TPSA) is 57.5 Å². The van der Waals surface area contributed by atoms with E-state index in [1.807, 2.05) is 0 Å². The second-order valence-electron chi connectivity index (χ2n) is 9.34. The van der Waals surface area contributed by atoms with Gasteiger partial charge in [-0.3, -0.25) is 4.79 Å². The lowest BCUT2D eigenvalue weighted by Gasteiger charge is -2.61. The van der Waals surface area contributed by atoms with Crippen molar-refractivity contribution < 1.29 is 15.0 Å². The van der Waals surface area contributed by atoms with Crippen LogP contribution in [0.25, 0.3) is 0 Å². The fourth-order valence-corrected chi connectivity index (χ4v) is 7.21. The van der Waals surface area contributed by atoms with Crippen molar-refractivity contribution in [2.75, 3.05) is 0 Å². The van der Waals surface area contributed by atoms with Gasteiger partial charge in [0.2, 0.25) is 0 Å². The molecular formula is C19H30O3. The standard InChI is InChI=1S/C19H30O3/c1-18-9-13(21)8-15(18)14-4-3-11-7-12(20)5-6-19(11,2)17(14)16(22)10-18/h11,13-17,21-22H,3-10H2,1-2H3/t11-,13-,14-,15-,16+,17+,18-,19-/m0/s1. The Hall–Kier alpha value is -0.410. The molecule has 8 atom stereocenters. The van der Waals surface area contributed by atoms with E-state index in [-0.39, 0.29) is 23.0 Å². The van der Waals surface area contributed by atoms with E-state index in [2.05, 4.69) is 13.8 Å². The van der Waals surface area contributed by atoms with Crippen LogP contribution in [-0.2, 0) is 4.79 Å². The Morgan fingerprint density at radius 3 is 2.68 bits per heavy atom. The predicted octanol–water partition coefficient (Wildman–Crippen LogP) is 2.93. The smallest absolute Gasteiger partial charge is 0.133 e. The first-order chi connectivity index (χ1) is 10.3. The fourth-order valence-electron chi connectivity index (χ4n) is 7.21. The van der Waals surface area contributed by atoms with Gasteiger partial charge in [0.05, 0.1) is 12.2 Å². The Kier molecular flexibility index (Phi) is 3.30. The lowest BCUT2D eigenvalue weighted by molar-refractivity contribution is -0.167. The maximum atomic E-state index is 11.9. The SMILES string of the molecule is C[C@@]12C[C@@H](O)C[C@H]1[C@@H]1CC[C@H]3CC(=O)CC[C@]3(C)[C@H]1[C@H](O)C2. The van der Waals surface area contributed by atoms with Crippen LogP contribution in [-0.4, -0.2) is 28.2 Å². The second-order valence-corrected chi connectivity index (χ2v) is 9.34. The number of aliphatic hydroxyl groups is 2. The summed E-state index contributed by atoms with van der Waals surface area (Å²) in [5.41, 5.74) is 0.249. The molecule has 0 amide bonds. The van der Waals surface area contributed by atoms with Crippen LogP contribution in [0.1, 0.15) is 65.2 Å². The minimum atomic E-state index is -0.252. The number of carbonyl (C=O) groups is 1. The van der Waals surface area contributed by atoms with Crippen LogP contribution in [0, 0.1) is 34.5 Å². The number of carbonyl (C=O) groups excluding carboxylic acids is 1. The van der Waals surface area contributed by atoms with Gasteiger partial charge in [-0.1, -0.05) is 13.8 Å². The number of rotatable bonds is 0. The quantitative estimate of drug-likeness (QED) is 0.723. The van der Waals surface area contributed by atoms with E-state index in [1.165, 1.54) is 0 Å². The third kappa shape index (κ3) is 1.97. The van der Waals surface area contributed by atoms with Crippen LogP contribution in [0.4, 0.5) is 0 Å². The van der Waals surface area contributed by atoms with Gasteiger partial charge in [0.25, 0.3) is 0 Å². The maximum absolute atomic E-state index is 11.9. The van der Waals surface area contributed by atoms with Crippen molar-refractivity contribution in [1.29, 1.82) is 0 Å². The van der Waals surface area contributed by atoms with Crippen LogP contribution in [0.2, 0.25) is 0 Å². The molecule has 0 radical (unpaired) electrons. The van der Waals surface area contributed by atoms with E-state index in [0.29, 0.717) is 35.9 Å². The second kappa shape index (κ2) is 4.80. The molecule has 0 aliphatic heterocycles. The molecule has 0 heterocycles. The van der Waals surface area contributed by atoms with Gasteiger partial charge in [-0.05, 0) is 73.0 Å². The Morgan fingerprint density at radius 2 is 1.91 bits per heavy atom. The highest BCUT2D eigenvalue weighted by Crippen LogP contribution is 2.65. The van der Waals surface area contributed by atoms with Gasteiger partial charge in [-0.25, -0.2) is 0 Å². The molecule has 22 heavy (non-hydrogen) atoms. The molecule has 3 nitrogen and oxygen atoms in total. The first-order valence-electron chi connectivity index (χ1n) is 9.21. The molecule has 0 aromatic carbocycles. The fraction of sp³-hybridized carbons (Fsp3) is 0.947. The van der Waals surface area contributed by atoms with Gasteiger partial charge in [-0.2, -0.15) is 0 Å². The molecule has 0 aromatic heterocycles. The summed E-state index contributed by atoms with van der Waals surface area (Å²) in [4.78, 5) is 11.9. The summed E-state index contributed by atoms with van der Waals surface area (Å²) < 4.78 is 0. The van der Waals surface area contributed by atoms with Gasteiger partial charge in [-0.15, -0.1) is 0 Å². The van der Waals surface area contributed by atoms with E-state index in [1.54, 1.807) is 0 Å². The number of fused-ring (bicyclic) bond motifs is 5. The molecule has 4 aliphatic rings. The summed E-state index contributed by atoms with van der Waals surface area (Å²) in [6.45, 7) is 4.63. The highest BCUT2D eigenvalue weighted by Gasteiger charge is 2.61. The van der Waals surface area contributed by atoms with E-state index in [9.17, 15) is 15.0 Å². The summed E-state index contributed by atoms with van der Waals surface area (Å²) in [5, 5.41) is 21.2. The van der Waals surface area contributed by atoms with Crippen LogP contribution < -0.4 is 0 Å². The van der Waals surface area contributed by atoms with Gasteiger partial charge in [0, 0.05) is 12.8 Å². The average Bonchev–Trinajstić information content (AvgIpc) is 2.73. The van der Waals surface area contributed by atoms with Crippen LogP contribution >= 0.6 is 0 Å². The molecular weight excluding hydrogens is 276 g/mol. The molecule has 4 aliphatic carbocycles. The molecule has 124 valence electrons. The third-order valence-electron chi connectivity index (χ3n) is 8.15. The normalized spacial score (nSPS) is 57.9. The zero-order chi connectivity index (χ0) is 15.7. The number of aliphatic hydroxyl groups excluding tert-OH is 2. The van der Waals surface area contributed by atoms with Crippen molar-refractivity contribution in [3.63, 3.8) is 0 Å². The van der Waals surface area contributed by atoms with Gasteiger partial charge in [0.1, 0.15) is 5.78 Å². The maximum Gasteiger partial charge on any atom is 0.133 e. The third-order valence-corrected chi connectivity index (χ3v) is 8.15. The predicted molar refractivity (Wildman–Crippen MR) is 84.1 cm³/mol. The molecule has 4 rings (SSSR count). The van der Waals surface area contributed by atoms with Crippen LogP contribution in [0.15, 0.2) is 0 Å². The summed E-state index contributed by atoms with van der Waals surface area (Å²) in [7, 11) is 0. The first-order valence-corrected chi connectivity index (χ1v) is 9.21. The molecule has 0 aromatic rings. The number of Topliss-reactive ketones (excluding diaryl/α,β-unsaturated/α-hetero) is 1. The molecule has 4 fully saturated rings. The van der Waals surface area contributed by atoms with Crippen molar-refractivity contribution >= 4 is 5.78 Å². The monoisotopic (exact) mass is 306 g/mol. The van der Waals surface area contributed by atoms with Gasteiger partial charge >= 0.3 is 0 Å². The van der Waals surface area contributed by atoms with E-state index in [4.69, 9.17) is 0 Å². The molecule has 3 heteroatoms. The highest BCUT2D eigenvalue weighted by molar-refractivity contribution is 5.79. The Bertz CT molecular complexity index is 489. The van der Waals surface area contributed by atoms with E-state index >= 15 is 0 Å². The van der Waals surface area contributed by atoms with Crippen molar-refractivity contribution in [3.8, 4) is 0 Å². The molecule has 0 unspecified atom stereocenters. The van der Waals surface area contributed by atoms with Gasteiger partial charge in [0.15, 0.2) is 0 Å². The number of ketones is 1. The summed E-state index contributed by atoms with van der Waals surface area (Å²) in [6.07, 6.45) is 6.86. The lowest BCUT2D eigenvalue weighted by atomic mass is 9.44. The van der Waals surface area contributed by atoms with E-state index in [0.717, 1.165) is 44.9 Å². The van der Waals surface area contributed by atoms with Crippen molar-refractivity contribution in [3.05, 3.63) is 0 Å². The summed E-state index contributed by atoms with van der Waals surface area (Å²) in [6, 6.07) is 0. The zero-order valence-corrected chi connectivity index (χ0v) is 13.9. The molecule has 2 N–H and O–H groups in total. The number of hydrogen-bond donors (Lipinski definition) is 2. The Balaban J connectivity index is 1.68. The summed E-state index contributed by atoms with van der Waals surface area (Å²) >= 11 is 0. The Labute approximate surface area is 133 Å². The number of hydrogen-bond acceptors (Lipinski definition) is 3. The molecule has 0 spiro atoms. The lowest BCUT2D eigenvalue weighted by Crippen LogP contribution is -2.58. The van der Waals surface area contributed by atoms with Crippen LogP contribution in [0.5, 0.6) is 0 Å². The van der Waals surface area contributed by atoms with Crippen molar-refractivity contribution in [2.45, 2.75) is 77.4 Å². The molecule has 0 bridgehead atoms. The minimum Gasteiger partial charge on any atom is -0.393 e. The first kappa shape index (κ1) is 15.1. The minimum absolute atomic E-state index is 0.119. The van der Waals surface area contributed by atoms with Crippen LogP contribution in [0.3, 0.4) is 0 Å². The molecule has 0 saturated heterocycles. The summed E-state index contributed by atoms with van der Waals surface area (Å²) in [5.74, 6) is 2.34. The zero-order valence-electron chi connectivity index (χ0n) is 13.9. The highest BCUT2D eigenvalue weighted by atomic mass is 16.3. The molecule has 4 saturated carbocycles.